The first-order chi connectivity index (χ1) is 15.2. The number of anilines is 1. The van der Waals surface area contributed by atoms with E-state index in [0.717, 1.165) is 43.3 Å². The quantitative estimate of drug-likeness (QED) is 0.312. The number of aromatic nitrogens is 1. The van der Waals surface area contributed by atoms with Crippen molar-refractivity contribution in [2.45, 2.75) is 19.8 Å². The van der Waals surface area contributed by atoms with Gasteiger partial charge in [-0.15, -0.1) is 0 Å². The molecule has 0 atom stereocenters. The molecule has 3 aromatic rings. The number of carbonyl (C=O) groups excluding carboxylic acids is 1. The number of hydrogen-bond acceptors (Lipinski definition) is 3. The first-order valence-corrected chi connectivity index (χ1v) is 10.7. The summed E-state index contributed by atoms with van der Waals surface area (Å²) in [5.74, 6) is 1.53. The van der Waals surface area contributed by atoms with E-state index in [1.165, 1.54) is 22.0 Å². The van der Waals surface area contributed by atoms with Gasteiger partial charge in [-0.25, -0.2) is 0 Å². The summed E-state index contributed by atoms with van der Waals surface area (Å²) in [6.07, 6.45) is 3.81. The van der Waals surface area contributed by atoms with Gasteiger partial charge >= 0.3 is 0 Å². The Morgan fingerprint density at radius 2 is 2.00 bits per heavy atom. The van der Waals surface area contributed by atoms with Gasteiger partial charge in [0.1, 0.15) is 5.75 Å². The van der Waals surface area contributed by atoms with Crippen LogP contribution in [0.25, 0.3) is 10.9 Å². The summed E-state index contributed by atoms with van der Waals surface area (Å²) < 4.78 is 5.50. The largest absolute Gasteiger partial charge is 0.482 e. The van der Waals surface area contributed by atoms with Crippen molar-refractivity contribution in [3.63, 3.8) is 0 Å². The molecule has 4 rings (SSSR count). The molecule has 0 aliphatic carbocycles. The minimum Gasteiger partial charge on any atom is -0.482 e. The lowest BCUT2D eigenvalue weighted by atomic mass is 10.1. The Bertz CT molecular complexity index is 1090. The van der Waals surface area contributed by atoms with E-state index in [-0.39, 0.29) is 12.5 Å². The van der Waals surface area contributed by atoms with Gasteiger partial charge in [0.25, 0.3) is 5.91 Å². The maximum Gasteiger partial charge on any atom is 0.265 e. The van der Waals surface area contributed by atoms with Gasteiger partial charge in [-0.1, -0.05) is 24.3 Å². The summed E-state index contributed by atoms with van der Waals surface area (Å²) >= 11 is 0. The monoisotopic (exact) mass is 419 g/mol. The van der Waals surface area contributed by atoms with E-state index in [2.05, 4.69) is 51.9 Å². The van der Waals surface area contributed by atoms with E-state index in [1.54, 1.807) is 11.9 Å². The van der Waals surface area contributed by atoms with Crippen molar-refractivity contribution in [2.75, 3.05) is 38.2 Å². The maximum absolute atomic E-state index is 12.3. The Balaban J connectivity index is 1.24. The van der Waals surface area contributed by atoms with E-state index in [1.807, 2.05) is 24.3 Å². The zero-order valence-electron chi connectivity index (χ0n) is 18.1. The van der Waals surface area contributed by atoms with Crippen LogP contribution in [0, 0.1) is 6.92 Å². The second kappa shape index (κ2) is 9.55. The molecule has 0 bridgehead atoms. The first kappa shape index (κ1) is 20.8. The molecule has 0 saturated carbocycles. The van der Waals surface area contributed by atoms with Gasteiger partial charge < -0.3 is 25.3 Å². The van der Waals surface area contributed by atoms with Crippen molar-refractivity contribution in [1.29, 1.82) is 0 Å². The molecule has 0 spiro atoms. The van der Waals surface area contributed by atoms with E-state index >= 15 is 0 Å². The van der Waals surface area contributed by atoms with Crippen LogP contribution in [0.4, 0.5) is 5.69 Å². The highest BCUT2D eigenvalue weighted by molar-refractivity contribution is 5.97. The number of carbonyl (C=O) groups is 1. The number of aliphatic imine (C=N–C) groups is 1. The lowest BCUT2D eigenvalue weighted by molar-refractivity contribution is -0.121. The number of guanidine groups is 1. The predicted molar refractivity (Wildman–Crippen MR) is 125 cm³/mol. The molecule has 7 heteroatoms. The third-order valence-electron chi connectivity index (χ3n) is 5.57. The van der Waals surface area contributed by atoms with Crippen molar-refractivity contribution in [3.05, 3.63) is 59.8 Å². The van der Waals surface area contributed by atoms with Crippen molar-refractivity contribution < 1.29 is 9.53 Å². The lowest BCUT2D eigenvalue weighted by Gasteiger charge is -2.29. The zero-order valence-corrected chi connectivity index (χ0v) is 18.1. The summed E-state index contributed by atoms with van der Waals surface area (Å²) in [5, 5.41) is 8.03. The first-order valence-electron chi connectivity index (χ1n) is 10.7. The SMILES string of the molecule is CN=C(NCCCN1C(=O)COc2ccccc21)NCCc1c[nH]c2cccc(C)c12. The molecule has 1 aliphatic heterocycles. The number of benzene rings is 2. The van der Waals surface area contributed by atoms with Gasteiger partial charge in [-0.2, -0.15) is 0 Å². The van der Waals surface area contributed by atoms with E-state index in [9.17, 15) is 4.79 Å². The summed E-state index contributed by atoms with van der Waals surface area (Å²) in [7, 11) is 1.77. The van der Waals surface area contributed by atoms with Crippen LogP contribution in [0.3, 0.4) is 0 Å². The third kappa shape index (κ3) is 4.66. The topological polar surface area (TPSA) is 81.8 Å². The number of aromatic amines is 1. The number of rotatable bonds is 7. The molecule has 7 nitrogen and oxygen atoms in total. The average Bonchev–Trinajstić information content (AvgIpc) is 3.21. The highest BCUT2D eigenvalue weighted by Gasteiger charge is 2.24. The molecule has 0 fully saturated rings. The Hall–Kier alpha value is -3.48. The van der Waals surface area contributed by atoms with E-state index in [4.69, 9.17) is 4.74 Å². The van der Waals surface area contributed by atoms with Crippen LogP contribution in [0.15, 0.2) is 53.7 Å². The van der Waals surface area contributed by atoms with E-state index < -0.39 is 0 Å². The number of nitrogens with one attached hydrogen (secondary N) is 3. The second-order valence-corrected chi connectivity index (χ2v) is 7.64. The smallest absolute Gasteiger partial charge is 0.265 e. The number of nitrogens with zero attached hydrogens (tertiary/aromatic N) is 2. The predicted octanol–water partition coefficient (Wildman–Crippen LogP) is 3.00. The highest BCUT2D eigenvalue weighted by Crippen LogP contribution is 2.31. The fraction of sp³-hybridized carbons (Fsp3) is 0.333. The Morgan fingerprint density at radius 1 is 1.16 bits per heavy atom. The molecule has 1 amide bonds. The molecular formula is C24H29N5O2. The molecule has 0 unspecified atom stereocenters. The average molecular weight is 420 g/mol. The molecule has 0 radical (unpaired) electrons. The third-order valence-corrected chi connectivity index (χ3v) is 5.57. The normalized spacial score (nSPS) is 13.8. The Labute approximate surface area is 182 Å². The van der Waals surface area contributed by atoms with Crippen molar-refractivity contribution in [3.8, 4) is 5.75 Å². The summed E-state index contributed by atoms with van der Waals surface area (Å²) in [6, 6.07) is 14.0. The zero-order chi connectivity index (χ0) is 21.6. The number of hydrogen-bond donors (Lipinski definition) is 3. The van der Waals surface area contributed by atoms with Crippen LogP contribution in [-0.2, 0) is 11.2 Å². The van der Waals surface area contributed by atoms with Gasteiger partial charge in [0.15, 0.2) is 12.6 Å². The lowest BCUT2D eigenvalue weighted by Crippen LogP contribution is -2.42. The van der Waals surface area contributed by atoms with Crippen LogP contribution in [0.5, 0.6) is 5.75 Å². The number of fused-ring (bicyclic) bond motifs is 2. The molecular weight excluding hydrogens is 390 g/mol. The van der Waals surface area contributed by atoms with Crippen molar-refractivity contribution >= 4 is 28.5 Å². The Morgan fingerprint density at radius 3 is 2.87 bits per heavy atom. The highest BCUT2D eigenvalue weighted by atomic mass is 16.5. The molecule has 3 N–H and O–H groups in total. The standard InChI is InChI=1S/C24H29N5O2/c1-17-7-5-8-19-23(17)18(15-28-19)11-13-27-24(25-2)26-12-6-14-29-20-9-3-4-10-21(20)31-16-22(29)30/h3-5,7-10,15,28H,6,11-14,16H2,1-2H3,(H2,25,26,27). The molecule has 1 aromatic heterocycles. The van der Waals surface area contributed by atoms with Gasteiger partial charge in [-0.05, 0) is 49.1 Å². The van der Waals surface area contributed by atoms with Crippen LogP contribution >= 0.6 is 0 Å². The summed E-state index contributed by atoms with van der Waals surface area (Å²) in [5.41, 5.74) is 4.61. The second-order valence-electron chi connectivity index (χ2n) is 7.64. The summed E-state index contributed by atoms with van der Waals surface area (Å²) in [6.45, 7) is 4.39. The maximum atomic E-state index is 12.3. The van der Waals surface area contributed by atoms with E-state index in [0.29, 0.717) is 6.54 Å². The van der Waals surface area contributed by atoms with Crippen LogP contribution < -0.4 is 20.3 Å². The molecule has 1 aliphatic rings. The van der Waals surface area contributed by atoms with Gasteiger partial charge in [-0.3, -0.25) is 9.79 Å². The van der Waals surface area contributed by atoms with Crippen LogP contribution in [0.2, 0.25) is 0 Å². The van der Waals surface area contributed by atoms with Gasteiger partial charge in [0.2, 0.25) is 0 Å². The molecule has 0 saturated heterocycles. The molecule has 31 heavy (non-hydrogen) atoms. The number of para-hydroxylation sites is 2. The molecule has 2 aromatic carbocycles. The minimum atomic E-state index is -0.00442. The van der Waals surface area contributed by atoms with Crippen LogP contribution in [-0.4, -0.2) is 50.1 Å². The number of ether oxygens (including phenoxy) is 1. The fourth-order valence-corrected chi connectivity index (χ4v) is 4.03. The number of H-pyrrole nitrogens is 1. The minimum absolute atomic E-state index is 0.00442. The van der Waals surface area contributed by atoms with Gasteiger partial charge in [0, 0.05) is 43.8 Å². The number of amides is 1. The Kier molecular flexibility index (Phi) is 6.40. The molecule has 2 heterocycles. The van der Waals surface area contributed by atoms with Crippen molar-refractivity contribution in [2.24, 2.45) is 4.99 Å². The van der Waals surface area contributed by atoms with Gasteiger partial charge in [0.05, 0.1) is 5.69 Å². The number of aryl methyl sites for hydroxylation is 1. The van der Waals surface area contributed by atoms with Crippen LogP contribution in [0.1, 0.15) is 17.5 Å². The molecule has 162 valence electrons. The summed E-state index contributed by atoms with van der Waals surface area (Å²) in [4.78, 5) is 21.7. The fourth-order valence-electron chi connectivity index (χ4n) is 4.03. The van der Waals surface area contributed by atoms with Crippen molar-refractivity contribution in [1.82, 2.24) is 15.6 Å².